The molecular weight excluding hydrogens is 1040 g/mol. The number of likely N-dealkylation sites (tertiary alicyclic amines) is 2. The van der Waals surface area contributed by atoms with Crippen LogP contribution in [0.4, 0.5) is 0 Å². The Labute approximate surface area is 465 Å². The number of aliphatic hydroxyl groups excluding tert-OH is 1. The Hall–Kier alpha value is -7.34. The van der Waals surface area contributed by atoms with Crippen molar-refractivity contribution in [3.63, 3.8) is 0 Å². The zero-order valence-corrected chi connectivity index (χ0v) is 47.5. The highest BCUT2D eigenvalue weighted by Crippen LogP contribution is 2.36. The number of Topliss-reactive ketones (excluding diaryl/α,β-unsaturated/α-hetero) is 1. The Morgan fingerprint density at radius 3 is 2.19 bits per heavy atom. The van der Waals surface area contributed by atoms with E-state index >= 15 is 0 Å². The van der Waals surface area contributed by atoms with Crippen LogP contribution in [0.15, 0.2) is 130 Å². The third kappa shape index (κ3) is 12.6. The molecule has 3 atom stereocenters. The summed E-state index contributed by atoms with van der Waals surface area (Å²) < 4.78 is 43.6. The minimum Gasteiger partial charge on any atom is -0.493 e. The molecule has 0 radical (unpaired) electrons. The molecule has 2 N–H and O–H groups in total. The monoisotopic (exact) mass is 1110 g/mol. The number of carbonyl (C=O) groups is 4. The largest absolute Gasteiger partial charge is 0.493 e. The van der Waals surface area contributed by atoms with Gasteiger partial charge < -0.3 is 29.7 Å². The van der Waals surface area contributed by atoms with Crippen LogP contribution in [-0.4, -0.2) is 100 Å². The van der Waals surface area contributed by atoms with E-state index in [-0.39, 0.29) is 58.9 Å². The van der Waals surface area contributed by atoms with Crippen molar-refractivity contribution >= 4 is 55.7 Å². The highest BCUT2D eigenvalue weighted by molar-refractivity contribution is 7.90. The van der Waals surface area contributed by atoms with E-state index < -0.39 is 51.0 Å². The summed E-state index contributed by atoms with van der Waals surface area (Å²) in [7, 11) is -0.789. The standard InChI is InChI=1S/C62H69N5O10S2/c1-8-30-76-48-12-10-13-49(35-48)77-55-36-52-51(64(6)61(73)65(52)7)33-46(55)38-79(74,75)50-14-9-11-45(32-50)59(71)66-28-25-42(26-29-66)41-20-22-44(23-21-41)58(70)63-57(62(3,4)5)60(72)67-37-47(68)34-53(67)54(69)24-17-40-15-18-43(19-16-40)56-39(2)27-31-78-56/h9-16,18-23,27,31-33,35-36,42,47,53,57,68H,8,17,24-26,28-30,34,37-38H2,1-7H3,(H,63,70)/t47-,53+,57-/m1/s1. The Bertz CT molecular complexity index is 3570. The summed E-state index contributed by atoms with van der Waals surface area (Å²) in [5.74, 6) is -0.347. The number of nitrogens with one attached hydrogen (secondary N) is 1. The Morgan fingerprint density at radius 1 is 0.835 bits per heavy atom. The minimum absolute atomic E-state index is 0.00218. The lowest BCUT2D eigenvalue weighted by atomic mass is 9.85. The van der Waals surface area contributed by atoms with Gasteiger partial charge in [0.1, 0.15) is 23.3 Å². The second-order valence-corrected chi connectivity index (χ2v) is 24.9. The first kappa shape index (κ1) is 56.4. The fourth-order valence-corrected chi connectivity index (χ4v) is 13.0. The minimum atomic E-state index is -4.06. The molecule has 15 nitrogen and oxygen atoms in total. The number of β-amino-alcohol motifs (C(OH)–C–C–N with tert-alkyl or cyclic N) is 1. The number of nitrogens with zero attached hydrogens (tertiary/aromatic N) is 4. The van der Waals surface area contributed by atoms with Crippen molar-refractivity contribution in [2.24, 2.45) is 19.5 Å². The number of ketones is 1. The van der Waals surface area contributed by atoms with E-state index in [0.717, 1.165) is 23.1 Å². The van der Waals surface area contributed by atoms with E-state index in [1.807, 2.05) is 58.0 Å². The molecule has 2 aromatic heterocycles. The van der Waals surface area contributed by atoms with Crippen molar-refractivity contribution in [3.05, 3.63) is 165 Å². The van der Waals surface area contributed by atoms with Gasteiger partial charge in [0.15, 0.2) is 15.6 Å². The van der Waals surface area contributed by atoms with E-state index in [1.54, 1.807) is 84.9 Å². The molecule has 0 aliphatic carbocycles. The zero-order valence-electron chi connectivity index (χ0n) is 45.9. The van der Waals surface area contributed by atoms with Gasteiger partial charge in [-0.3, -0.25) is 28.3 Å². The summed E-state index contributed by atoms with van der Waals surface area (Å²) in [5, 5.41) is 15.8. The summed E-state index contributed by atoms with van der Waals surface area (Å²) in [6.45, 7) is 11.0. The van der Waals surface area contributed by atoms with Gasteiger partial charge >= 0.3 is 5.69 Å². The van der Waals surface area contributed by atoms with Crippen LogP contribution in [0.3, 0.4) is 0 Å². The second-order valence-electron chi connectivity index (χ2n) is 22.0. The number of rotatable bonds is 18. The number of fused-ring (bicyclic) bond motifs is 1. The molecule has 7 aromatic rings. The number of sulfone groups is 1. The average molecular weight is 1110 g/mol. The molecule has 4 heterocycles. The zero-order chi connectivity index (χ0) is 56.3. The highest BCUT2D eigenvalue weighted by atomic mass is 32.2. The maximum absolute atomic E-state index is 14.3. The predicted molar refractivity (Wildman–Crippen MR) is 307 cm³/mol. The summed E-state index contributed by atoms with van der Waals surface area (Å²) >= 11 is 1.69. The maximum Gasteiger partial charge on any atom is 0.328 e. The SMILES string of the molecule is CCCOc1cccc(Oc2cc3c(cc2CS(=O)(=O)c2cccc(C(=O)N4CCC(c5ccc(C(=O)N[C@H](C(=O)N6C[C@H](O)C[C@H]6C(=O)CCc6ccc(-c7sccc7C)cc6)C(C)(C)C)cc5)CC4)c2)n(C)c(=O)n3C)c1. The number of aliphatic hydroxyl groups is 1. The number of aryl methyl sites for hydroxylation is 4. The Kier molecular flexibility index (Phi) is 16.8. The number of aromatic nitrogens is 2. The molecule has 414 valence electrons. The van der Waals surface area contributed by atoms with Gasteiger partial charge in [-0.05, 0) is 126 Å². The lowest BCUT2D eigenvalue weighted by Crippen LogP contribution is -2.56. The van der Waals surface area contributed by atoms with Crippen molar-refractivity contribution < 1.29 is 42.2 Å². The molecule has 9 rings (SSSR count). The Balaban J connectivity index is 0.812. The topological polar surface area (TPSA) is 187 Å². The summed E-state index contributed by atoms with van der Waals surface area (Å²) in [6, 6.07) is 32.2. The number of imidazole rings is 1. The van der Waals surface area contributed by atoms with Crippen molar-refractivity contribution in [2.45, 2.75) is 108 Å². The molecule has 3 amide bonds. The van der Waals surface area contributed by atoms with Crippen LogP contribution in [0.1, 0.15) is 109 Å². The highest BCUT2D eigenvalue weighted by Gasteiger charge is 2.44. The molecule has 0 spiro atoms. The summed E-state index contributed by atoms with van der Waals surface area (Å²) in [5.41, 5.74) is 5.39. The van der Waals surface area contributed by atoms with E-state index in [9.17, 15) is 37.5 Å². The van der Waals surface area contributed by atoms with Gasteiger partial charge in [-0.1, -0.05) is 76.2 Å². The van der Waals surface area contributed by atoms with E-state index in [1.165, 1.54) is 36.6 Å². The van der Waals surface area contributed by atoms with Gasteiger partial charge in [0, 0.05) is 80.3 Å². The molecule has 2 aliphatic rings. The molecule has 79 heavy (non-hydrogen) atoms. The van der Waals surface area contributed by atoms with Crippen LogP contribution in [0.2, 0.25) is 0 Å². The number of piperidine rings is 1. The summed E-state index contributed by atoms with van der Waals surface area (Å²) in [4.78, 5) is 73.3. The van der Waals surface area contributed by atoms with Crippen LogP contribution in [-0.2, 0) is 45.7 Å². The lowest BCUT2D eigenvalue weighted by molar-refractivity contribution is -0.141. The number of hydrogen-bond donors (Lipinski definition) is 2. The van der Waals surface area contributed by atoms with Crippen molar-refractivity contribution in [2.75, 3.05) is 26.2 Å². The quantitative estimate of drug-likeness (QED) is 0.0838. The van der Waals surface area contributed by atoms with Gasteiger partial charge in [-0.2, -0.15) is 0 Å². The maximum atomic E-state index is 14.3. The first-order valence-electron chi connectivity index (χ1n) is 27.0. The molecule has 0 bridgehead atoms. The van der Waals surface area contributed by atoms with Crippen LogP contribution >= 0.6 is 11.3 Å². The number of hydrogen-bond acceptors (Lipinski definition) is 11. The molecule has 5 aromatic carbocycles. The molecule has 17 heteroatoms. The second kappa shape index (κ2) is 23.6. The van der Waals surface area contributed by atoms with E-state index in [0.29, 0.717) is 72.6 Å². The van der Waals surface area contributed by atoms with Crippen LogP contribution < -0.4 is 20.5 Å². The van der Waals surface area contributed by atoms with E-state index in [2.05, 4.69) is 35.8 Å². The van der Waals surface area contributed by atoms with Gasteiger partial charge in [-0.25, -0.2) is 13.2 Å². The van der Waals surface area contributed by atoms with Crippen molar-refractivity contribution in [1.29, 1.82) is 0 Å². The first-order valence-corrected chi connectivity index (χ1v) is 29.5. The van der Waals surface area contributed by atoms with Gasteiger partial charge in [-0.15, -0.1) is 11.3 Å². The molecule has 2 fully saturated rings. The fourth-order valence-electron chi connectivity index (χ4n) is 10.7. The number of amides is 3. The normalized spacial score (nSPS) is 16.5. The fraction of sp³-hybridized carbons (Fsp3) is 0.371. The average Bonchev–Trinajstić information content (AvgIpc) is 4.35. The van der Waals surface area contributed by atoms with Crippen LogP contribution in [0.5, 0.6) is 17.2 Å². The molecule has 2 saturated heterocycles. The number of benzene rings is 5. The predicted octanol–water partition coefficient (Wildman–Crippen LogP) is 9.80. The van der Waals surface area contributed by atoms with Crippen LogP contribution in [0, 0.1) is 12.3 Å². The Morgan fingerprint density at radius 2 is 1.52 bits per heavy atom. The van der Waals surface area contributed by atoms with Crippen LogP contribution in [0.25, 0.3) is 21.5 Å². The van der Waals surface area contributed by atoms with Gasteiger partial charge in [0.05, 0.1) is 40.4 Å². The van der Waals surface area contributed by atoms with E-state index in [4.69, 9.17) is 9.47 Å². The summed E-state index contributed by atoms with van der Waals surface area (Å²) in [6.07, 6.45) is 2.09. The van der Waals surface area contributed by atoms with Gasteiger partial charge in [0.2, 0.25) is 5.91 Å². The molecular formula is C62H69N5O10S2. The molecule has 2 aliphatic heterocycles. The van der Waals surface area contributed by atoms with Gasteiger partial charge in [0.25, 0.3) is 11.8 Å². The number of carbonyl (C=O) groups excluding carboxylic acids is 4. The molecule has 0 unspecified atom stereocenters. The smallest absolute Gasteiger partial charge is 0.328 e. The molecule has 0 saturated carbocycles. The number of thiophene rings is 1. The van der Waals surface area contributed by atoms with Crippen molar-refractivity contribution in [3.8, 4) is 27.7 Å². The lowest BCUT2D eigenvalue weighted by Gasteiger charge is -2.35. The number of ether oxygens (including phenoxy) is 2. The van der Waals surface area contributed by atoms with Crippen molar-refractivity contribution in [1.82, 2.24) is 24.3 Å². The third-order valence-corrected chi connectivity index (χ3v) is 18.0. The third-order valence-electron chi connectivity index (χ3n) is 15.2. The first-order chi connectivity index (χ1) is 37.7.